The van der Waals surface area contributed by atoms with E-state index in [1.807, 2.05) is 0 Å². The van der Waals surface area contributed by atoms with Crippen LogP contribution in [0, 0.1) is 5.82 Å². The molecular weight excluding hydrogens is 233 g/mol. The fraction of sp³-hybridized carbons (Fsp3) is 0.0833. The zero-order valence-corrected chi connectivity index (χ0v) is 9.42. The number of fused-ring (bicyclic) bond motifs is 1. The highest BCUT2D eigenvalue weighted by atomic mass is 19.1. The minimum Gasteiger partial charge on any atom is -0.381 e. The first-order valence-electron chi connectivity index (χ1n) is 5.43. The van der Waals surface area contributed by atoms with Gasteiger partial charge in [-0.25, -0.2) is 9.37 Å². The van der Waals surface area contributed by atoms with E-state index in [9.17, 15) is 4.39 Å². The number of halogens is 1. The molecule has 2 N–H and O–H groups in total. The van der Waals surface area contributed by atoms with E-state index in [0.29, 0.717) is 29.3 Å². The summed E-state index contributed by atoms with van der Waals surface area (Å²) in [5, 5.41) is 7.97. The van der Waals surface area contributed by atoms with Crippen LogP contribution in [0.5, 0.6) is 0 Å². The van der Waals surface area contributed by atoms with Gasteiger partial charge in [0.25, 0.3) is 0 Å². The van der Waals surface area contributed by atoms with E-state index in [2.05, 4.69) is 15.2 Å². The summed E-state index contributed by atoms with van der Waals surface area (Å²) in [5.74, 6) is 0.685. The summed E-state index contributed by atoms with van der Waals surface area (Å²) >= 11 is 0. The number of nitrogens with two attached hydrogens (primary N) is 1. The van der Waals surface area contributed by atoms with Crippen molar-refractivity contribution in [1.82, 2.24) is 19.6 Å². The van der Waals surface area contributed by atoms with Gasteiger partial charge in [0.15, 0.2) is 5.82 Å². The van der Waals surface area contributed by atoms with Crippen molar-refractivity contribution in [3.63, 3.8) is 0 Å². The van der Waals surface area contributed by atoms with Gasteiger partial charge in [-0.05, 0) is 11.6 Å². The van der Waals surface area contributed by atoms with Gasteiger partial charge in [0.1, 0.15) is 11.6 Å². The number of rotatable bonds is 2. The lowest BCUT2D eigenvalue weighted by atomic mass is 10.1. The van der Waals surface area contributed by atoms with Gasteiger partial charge in [0.2, 0.25) is 5.65 Å². The number of nitrogens with zero attached hydrogens (tertiary/aromatic N) is 4. The fourth-order valence-corrected chi connectivity index (χ4v) is 1.83. The van der Waals surface area contributed by atoms with Crippen LogP contribution in [0.3, 0.4) is 0 Å². The molecule has 0 aliphatic heterocycles. The minimum absolute atomic E-state index is 0.253. The van der Waals surface area contributed by atoms with Crippen molar-refractivity contribution in [2.45, 2.75) is 6.42 Å². The highest BCUT2D eigenvalue weighted by molar-refractivity contribution is 5.58. The molecule has 0 saturated heterocycles. The quantitative estimate of drug-likeness (QED) is 0.739. The summed E-state index contributed by atoms with van der Waals surface area (Å²) in [6, 6.07) is 6.59. The van der Waals surface area contributed by atoms with E-state index >= 15 is 0 Å². The maximum atomic E-state index is 13.6. The third kappa shape index (κ3) is 1.67. The first-order valence-corrected chi connectivity index (χ1v) is 5.43. The largest absolute Gasteiger partial charge is 0.381 e. The van der Waals surface area contributed by atoms with Gasteiger partial charge < -0.3 is 5.73 Å². The smallest absolute Gasteiger partial charge is 0.203 e. The third-order valence-electron chi connectivity index (χ3n) is 2.73. The second-order valence-corrected chi connectivity index (χ2v) is 3.89. The number of aromatic nitrogens is 4. The van der Waals surface area contributed by atoms with E-state index in [4.69, 9.17) is 5.73 Å². The molecule has 2 heterocycles. The molecule has 0 fully saturated rings. The van der Waals surface area contributed by atoms with Crippen molar-refractivity contribution in [2.75, 3.05) is 5.73 Å². The molecule has 3 rings (SSSR count). The highest BCUT2D eigenvalue weighted by Crippen LogP contribution is 2.14. The van der Waals surface area contributed by atoms with E-state index in [-0.39, 0.29) is 5.82 Å². The Balaban J connectivity index is 2.06. The molecule has 0 radical (unpaired) electrons. The summed E-state index contributed by atoms with van der Waals surface area (Å²) in [4.78, 5) is 3.93. The van der Waals surface area contributed by atoms with E-state index in [1.165, 1.54) is 6.07 Å². The first-order chi connectivity index (χ1) is 8.75. The van der Waals surface area contributed by atoms with Crippen molar-refractivity contribution in [1.29, 1.82) is 0 Å². The van der Waals surface area contributed by atoms with Gasteiger partial charge in [0, 0.05) is 18.8 Å². The molecule has 3 aromatic rings. The second-order valence-electron chi connectivity index (χ2n) is 3.89. The average molecular weight is 243 g/mol. The fourth-order valence-electron chi connectivity index (χ4n) is 1.83. The van der Waals surface area contributed by atoms with Gasteiger partial charge in [0.05, 0.1) is 0 Å². The van der Waals surface area contributed by atoms with Crippen LogP contribution in [-0.2, 0) is 6.42 Å². The lowest BCUT2D eigenvalue weighted by molar-refractivity contribution is 0.611. The van der Waals surface area contributed by atoms with Gasteiger partial charge in [-0.1, -0.05) is 18.2 Å². The highest BCUT2D eigenvalue weighted by Gasteiger charge is 2.10. The Morgan fingerprint density at radius 2 is 2.06 bits per heavy atom. The molecule has 6 heteroatoms. The zero-order valence-electron chi connectivity index (χ0n) is 9.42. The molecule has 0 spiro atoms. The Labute approximate surface area is 102 Å². The lowest BCUT2D eigenvalue weighted by Crippen LogP contribution is -2.00. The molecule has 2 aromatic heterocycles. The summed E-state index contributed by atoms with van der Waals surface area (Å²) < 4.78 is 15.3. The van der Waals surface area contributed by atoms with Crippen LogP contribution in [0.2, 0.25) is 0 Å². The molecule has 0 bridgehead atoms. The van der Waals surface area contributed by atoms with E-state index in [0.717, 1.165) is 0 Å². The zero-order chi connectivity index (χ0) is 12.5. The van der Waals surface area contributed by atoms with Crippen LogP contribution in [0.4, 0.5) is 10.2 Å². The van der Waals surface area contributed by atoms with E-state index in [1.54, 1.807) is 35.0 Å². The molecule has 0 saturated carbocycles. The van der Waals surface area contributed by atoms with Crippen LogP contribution in [0.25, 0.3) is 5.65 Å². The van der Waals surface area contributed by atoms with Crippen LogP contribution in [0.1, 0.15) is 11.4 Å². The predicted octanol–water partition coefficient (Wildman–Crippen LogP) is 1.44. The Kier molecular flexibility index (Phi) is 2.40. The summed E-state index contributed by atoms with van der Waals surface area (Å²) in [5.41, 5.74) is 6.75. The van der Waals surface area contributed by atoms with Crippen molar-refractivity contribution < 1.29 is 4.39 Å². The minimum atomic E-state index is -0.253. The Bertz CT molecular complexity index is 707. The molecule has 0 aliphatic carbocycles. The summed E-state index contributed by atoms with van der Waals surface area (Å²) in [6.07, 6.45) is 3.63. The van der Waals surface area contributed by atoms with Crippen LogP contribution < -0.4 is 5.73 Å². The second kappa shape index (κ2) is 4.06. The number of benzene rings is 1. The molecule has 18 heavy (non-hydrogen) atoms. The Hall–Kier alpha value is -2.50. The maximum Gasteiger partial charge on any atom is 0.203 e. The predicted molar refractivity (Wildman–Crippen MR) is 64.4 cm³/mol. The van der Waals surface area contributed by atoms with Gasteiger partial charge in [-0.3, -0.25) is 4.40 Å². The first kappa shape index (κ1) is 10.6. The molecule has 0 unspecified atom stereocenters. The summed E-state index contributed by atoms with van der Waals surface area (Å²) in [7, 11) is 0. The molecule has 0 amide bonds. The molecule has 90 valence electrons. The van der Waals surface area contributed by atoms with Gasteiger partial charge in [-0.15, -0.1) is 10.2 Å². The van der Waals surface area contributed by atoms with Gasteiger partial charge >= 0.3 is 0 Å². The van der Waals surface area contributed by atoms with Crippen molar-refractivity contribution >= 4 is 11.5 Å². The summed E-state index contributed by atoms with van der Waals surface area (Å²) in [6.45, 7) is 0. The van der Waals surface area contributed by atoms with Crippen molar-refractivity contribution in [3.8, 4) is 0 Å². The number of hydrogen-bond donors (Lipinski definition) is 1. The maximum absolute atomic E-state index is 13.6. The standard InChI is InChI=1S/C12H10FN5/c13-9-4-2-1-3-8(9)7-10-16-17-12-11(14)15-5-6-18(10)12/h1-6H,7H2,(H2,14,15). The normalized spacial score (nSPS) is 10.9. The lowest BCUT2D eigenvalue weighted by Gasteiger charge is -2.02. The van der Waals surface area contributed by atoms with Crippen molar-refractivity contribution in [3.05, 3.63) is 53.9 Å². The van der Waals surface area contributed by atoms with Gasteiger partial charge in [-0.2, -0.15) is 0 Å². The number of nitrogen functional groups attached to an aromatic ring is 1. The Morgan fingerprint density at radius 3 is 2.89 bits per heavy atom. The third-order valence-corrected chi connectivity index (χ3v) is 2.73. The molecule has 1 aromatic carbocycles. The molecule has 5 nitrogen and oxygen atoms in total. The van der Waals surface area contributed by atoms with Crippen LogP contribution >= 0.6 is 0 Å². The van der Waals surface area contributed by atoms with Crippen LogP contribution in [0.15, 0.2) is 36.7 Å². The Morgan fingerprint density at radius 1 is 1.22 bits per heavy atom. The molecule has 0 aliphatic rings. The van der Waals surface area contributed by atoms with Crippen molar-refractivity contribution in [2.24, 2.45) is 0 Å². The monoisotopic (exact) mass is 243 g/mol. The molecular formula is C12H10FN5. The number of anilines is 1. The number of hydrogen-bond acceptors (Lipinski definition) is 4. The SMILES string of the molecule is Nc1nccn2c(Cc3ccccc3F)nnc12. The molecule has 0 atom stereocenters. The van der Waals surface area contributed by atoms with Crippen LogP contribution in [-0.4, -0.2) is 19.6 Å². The average Bonchev–Trinajstić information content (AvgIpc) is 2.77. The van der Waals surface area contributed by atoms with E-state index < -0.39 is 0 Å². The topological polar surface area (TPSA) is 69.1 Å².